The molecule has 1 aromatic rings. The van der Waals surface area contributed by atoms with Crippen molar-refractivity contribution in [2.75, 3.05) is 13.1 Å². The standard InChI is InChI=1S/C16H26N4O3/c1-9(2)14-18-15(23-19-14)10-3-5-20(6-4-10)16(22)11-7-12(17)13(21)8-11/h9-13,21H,3-8,17H2,1-2H3/t11-,12+,13+/m0/s1. The average Bonchev–Trinajstić information content (AvgIpc) is 3.15. The Labute approximate surface area is 136 Å². The summed E-state index contributed by atoms with van der Waals surface area (Å²) >= 11 is 0. The molecule has 1 saturated carbocycles. The molecule has 1 aromatic heterocycles. The second-order valence-electron chi connectivity index (χ2n) is 7.14. The topological polar surface area (TPSA) is 105 Å². The highest BCUT2D eigenvalue weighted by Gasteiger charge is 2.38. The Balaban J connectivity index is 1.54. The molecule has 0 unspecified atom stereocenters. The van der Waals surface area contributed by atoms with Crippen molar-refractivity contribution in [3.05, 3.63) is 11.7 Å². The number of amides is 1. The minimum absolute atomic E-state index is 0.129. The number of carbonyl (C=O) groups is 1. The van der Waals surface area contributed by atoms with Crippen molar-refractivity contribution in [1.82, 2.24) is 15.0 Å². The first-order valence-electron chi connectivity index (χ1n) is 8.51. The molecule has 1 aliphatic carbocycles. The summed E-state index contributed by atoms with van der Waals surface area (Å²) in [5, 5.41) is 13.7. The summed E-state index contributed by atoms with van der Waals surface area (Å²) < 4.78 is 5.37. The average molecular weight is 322 g/mol. The molecular weight excluding hydrogens is 296 g/mol. The van der Waals surface area contributed by atoms with Crippen LogP contribution in [0.1, 0.15) is 63.1 Å². The van der Waals surface area contributed by atoms with Gasteiger partial charge in [0.15, 0.2) is 5.82 Å². The van der Waals surface area contributed by atoms with Crippen molar-refractivity contribution >= 4 is 5.91 Å². The lowest BCUT2D eigenvalue weighted by molar-refractivity contribution is -0.136. The van der Waals surface area contributed by atoms with E-state index in [0.717, 1.165) is 18.7 Å². The summed E-state index contributed by atoms with van der Waals surface area (Å²) in [4.78, 5) is 18.9. The number of nitrogens with zero attached hydrogens (tertiary/aromatic N) is 3. The molecule has 2 fully saturated rings. The van der Waals surface area contributed by atoms with Crippen LogP contribution in [0.4, 0.5) is 0 Å². The number of hydrogen-bond donors (Lipinski definition) is 2. The smallest absolute Gasteiger partial charge is 0.229 e. The number of aliphatic hydroxyl groups is 1. The van der Waals surface area contributed by atoms with E-state index >= 15 is 0 Å². The maximum atomic E-state index is 12.5. The van der Waals surface area contributed by atoms with Gasteiger partial charge in [0.2, 0.25) is 11.8 Å². The van der Waals surface area contributed by atoms with Gasteiger partial charge in [-0.3, -0.25) is 4.79 Å². The number of hydrogen-bond acceptors (Lipinski definition) is 6. The monoisotopic (exact) mass is 322 g/mol. The predicted molar refractivity (Wildman–Crippen MR) is 83.6 cm³/mol. The van der Waals surface area contributed by atoms with Crippen LogP contribution in [0.15, 0.2) is 4.52 Å². The zero-order chi connectivity index (χ0) is 16.6. The van der Waals surface area contributed by atoms with Crippen LogP contribution >= 0.6 is 0 Å². The summed E-state index contributed by atoms with van der Waals surface area (Å²) in [5.74, 6) is 1.92. The van der Waals surface area contributed by atoms with Gasteiger partial charge in [-0.15, -0.1) is 0 Å². The van der Waals surface area contributed by atoms with Gasteiger partial charge in [-0.05, 0) is 25.7 Å². The normalized spacial score (nSPS) is 29.4. The second kappa shape index (κ2) is 6.57. The van der Waals surface area contributed by atoms with Gasteiger partial charge in [0.25, 0.3) is 0 Å². The first kappa shape index (κ1) is 16.4. The molecule has 7 nitrogen and oxygen atoms in total. The third-order valence-corrected chi connectivity index (χ3v) is 5.06. The number of carbonyl (C=O) groups excluding carboxylic acids is 1. The third-order valence-electron chi connectivity index (χ3n) is 5.06. The van der Waals surface area contributed by atoms with Crippen LogP contribution in [-0.2, 0) is 4.79 Å². The molecule has 0 spiro atoms. The van der Waals surface area contributed by atoms with Crippen LogP contribution in [0.3, 0.4) is 0 Å². The fraction of sp³-hybridized carbons (Fsp3) is 0.812. The molecular formula is C16H26N4O3. The van der Waals surface area contributed by atoms with E-state index in [1.54, 1.807) is 0 Å². The molecule has 0 aromatic carbocycles. The quantitative estimate of drug-likeness (QED) is 0.860. The van der Waals surface area contributed by atoms with Crippen LogP contribution < -0.4 is 5.73 Å². The molecule has 0 radical (unpaired) electrons. The maximum Gasteiger partial charge on any atom is 0.229 e. The minimum atomic E-state index is -0.547. The number of nitrogens with two attached hydrogens (primary N) is 1. The SMILES string of the molecule is CC(C)c1noc(C2CCN(C(=O)[C@H]3C[C@@H](N)[C@H](O)C3)CC2)n1. The summed E-state index contributed by atoms with van der Waals surface area (Å²) in [6.07, 6.45) is 2.21. The van der Waals surface area contributed by atoms with E-state index in [-0.39, 0.29) is 29.7 Å². The molecule has 1 saturated heterocycles. The predicted octanol–water partition coefficient (Wildman–Crippen LogP) is 0.997. The Kier molecular flexibility index (Phi) is 4.68. The maximum absolute atomic E-state index is 12.5. The number of likely N-dealkylation sites (tertiary alicyclic amines) is 1. The van der Waals surface area contributed by atoms with Crippen molar-refractivity contribution in [2.24, 2.45) is 11.7 Å². The van der Waals surface area contributed by atoms with Gasteiger partial charge < -0.3 is 20.3 Å². The molecule has 3 atom stereocenters. The fourth-order valence-electron chi connectivity index (χ4n) is 3.50. The van der Waals surface area contributed by atoms with Crippen molar-refractivity contribution in [2.45, 2.75) is 63.5 Å². The highest BCUT2D eigenvalue weighted by Crippen LogP contribution is 2.31. The lowest BCUT2D eigenvalue weighted by atomic mass is 9.95. The van der Waals surface area contributed by atoms with Crippen molar-refractivity contribution in [3.63, 3.8) is 0 Å². The molecule has 1 aliphatic heterocycles. The Morgan fingerprint density at radius 2 is 2.04 bits per heavy atom. The van der Waals surface area contributed by atoms with Gasteiger partial charge in [0.05, 0.1) is 6.10 Å². The zero-order valence-corrected chi connectivity index (χ0v) is 13.8. The molecule has 1 amide bonds. The van der Waals surface area contributed by atoms with E-state index in [9.17, 15) is 9.90 Å². The lowest BCUT2D eigenvalue weighted by Crippen LogP contribution is -2.41. The highest BCUT2D eigenvalue weighted by molar-refractivity contribution is 5.79. The molecule has 128 valence electrons. The minimum Gasteiger partial charge on any atom is -0.391 e. The van der Waals surface area contributed by atoms with E-state index in [2.05, 4.69) is 10.1 Å². The van der Waals surface area contributed by atoms with E-state index in [4.69, 9.17) is 10.3 Å². The zero-order valence-electron chi connectivity index (χ0n) is 13.8. The first-order chi connectivity index (χ1) is 11.0. The van der Waals surface area contributed by atoms with Crippen molar-refractivity contribution < 1.29 is 14.4 Å². The summed E-state index contributed by atoms with van der Waals surface area (Å²) in [6, 6.07) is -0.269. The van der Waals surface area contributed by atoms with Gasteiger partial charge in [-0.1, -0.05) is 19.0 Å². The number of piperidine rings is 1. The Morgan fingerprint density at radius 1 is 1.35 bits per heavy atom. The Hall–Kier alpha value is -1.47. The molecule has 7 heteroatoms. The van der Waals surface area contributed by atoms with Crippen LogP contribution in [0.25, 0.3) is 0 Å². The Morgan fingerprint density at radius 3 is 2.57 bits per heavy atom. The summed E-state index contributed by atoms with van der Waals surface area (Å²) in [7, 11) is 0. The van der Waals surface area contributed by atoms with E-state index < -0.39 is 6.10 Å². The van der Waals surface area contributed by atoms with Crippen LogP contribution in [0.5, 0.6) is 0 Å². The molecule has 2 aliphatic rings. The van der Waals surface area contributed by atoms with Gasteiger partial charge in [-0.25, -0.2) is 0 Å². The molecule has 3 rings (SSSR count). The van der Waals surface area contributed by atoms with Gasteiger partial charge >= 0.3 is 0 Å². The van der Waals surface area contributed by atoms with Crippen LogP contribution in [-0.4, -0.2) is 51.3 Å². The number of rotatable bonds is 3. The van der Waals surface area contributed by atoms with E-state index in [0.29, 0.717) is 31.8 Å². The van der Waals surface area contributed by atoms with Gasteiger partial charge in [0, 0.05) is 36.9 Å². The molecule has 0 bridgehead atoms. The van der Waals surface area contributed by atoms with E-state index in [1.807, 2.05) is 18.7 Å². The van der Waals surface area contributed by atoms with Crippen molar-refractivity contribution in [3.8, 4) is 0 Å². The van der Waals surface area contributed by atoms with Gasteiger partial charge in [0.1, 0.15) is 0 Å². The number of aromatic nitrogens is 2. The summed E-state index contributed by atoms with van der Waals surface area (Å²) in [6.45, 7) is 5.47. The highest BCUT2D eigenvalue weighted by atomic mass is 16.5. The lowest BCUT2D eigenvalue weighted by Gasteiger charge is -2.32. The molecule has 2 heterocycles. The Bertz CT molecular complexity index is 541. The fourth-order valence-corrected chi connectivity index (χ4v) is 3.50. The summed E-state index contributed by atoms with van der Waals surface area (Å²) in [5.41, 5.74) is 5.81. The molecule has 3 N–H and O–H groups in total. The van der Waals surface area contributed by atoms with Gasteiger partial charge in [-0.2, -0.15) is 4.98 Å². The largest absolute Gasteiger partial charge is 0.391 e. The number of aliphatic hydroxyl groups excluding tert-OH is 1. The van der Waals surface area contributed by atoms with Crippen LogP contribution in [0.2, 0.25) is 0 Å². The second-order valence-corrected chi connectivity index (χ2v) is 7.14. The third kappa shape index (κ3) is 3.40. The first-order valence-corrected chi connectivity index (χ1v) is 8.51. The van der Waals surface area contributed by atoms with Crippen molar-refractivity contribution in [1.29, 1.82) is 0 Å². The van der Waals surface area contributed by atoms with E-state index in [1.165, 1.54) is 0 Å². The molecule has 23 heavy (non-hydrogen) atoms. The van der Waals surface area contributed by atoms with Crippen LogP contribution in [0, 0.1) is 5.92 Å².